The molecule has 1 amide bonds. The lowest BCUT2D eigenvalue weighted by Gasteiger charge is -2.27. The third-order valence-corrected chi connectivity index (χ3v) is 3.39. The number of carbonyl (C=O) groups is 3. The smallest absolute Gasteiger partial charge is 0.408 e. The molecule has 3 atom stereocenters. The van der Waals surface area contributed by atoms with E-state index in [4.69, 9.17) is 9.84 Å². The number of unbranched alkanes of at least 4 members (excludes halogenated alkanes) is 1. The van der Waals surface area contributed by atoms with Gasteiger partial charge in [0.2, 0.25) is 0 Å². The Balaban J connectivity index is 2.34. The molecule has 1 fully saturated rings. The predicted molar refractivity (Wildman–Crippen MR) is 72.3 cm³/mol. The van der Waals surface area contributed by atoms with Crippen molar-refractivity contribution < 1.29 is 24.2 Å². The molecule has 1 aliphatic carbocycles. The lowest BCUT2D eigenvalue weighted by atomic mass is 9.87. The van der Waals surface area contributed by atoms with Crippen LogP contribution >= 0.6 is 0 Å². The molecule has 0 aromatic carbocycles. The molecule has 1 aliphatic rings. The van der Waals surface area contributed by atoms with Crippen molar-refractivity contribution in [3.63, 3.8) is 0 Å². The standard InChI is InChI=1S/C14H23NO5/c1-14(2,3)11(12(17)18)15-13(19)20-10-8-9(10)6-4-5-7-16/h7,9-11H,4-6,8H2,1-3H3,(H,15,19)(H,17,18)/t9?,10-,11-/m1/s1. The van der Waals surface area contributed by atoms with Crippen molar-refractivity contribution >= 4 is 18.3 Å². The molecule has 1 rings (SSSR count). The Morgan fingerprint density at radius 1 is 1.45 bits per heavy atom. The lowest BCUT2D eigenvalue weighted by molar-refractivity contribution is -0.142. The van der Waals surface area contributed by atoms with Gasteiger partial charge in [-0.2, -0.15) is 0 Å². The van der Waals surface area contributed by atoms with Crippen LogP contribution in [0.1, 0.15) is 46.5 Å². The molecule has 0 aromatic rings. The Morgan fingerprint density at radius 3 is 2.60 bits per heavy atom. The Bertz CT molecular complexity index is 374. The van der Waals surface area contributed by atoms with E-state index in [1.54, 1.807) is 20.8 Å². The number of ether oxygens (including phenoxy) is 1. The number of carboxylic acids is 1. The van der Waals surface area contributed by atoms with E-state index in [1.807, 2.05) is 0 Å². The molecular formula is C14H23NO5. The van der Waals surface area contributed by atoms with Crippen molar-refractivity contribution in [2.45, 2.75) is 58.6 Å². The summed E-state index contributed by atoms with van der Waals surface area (Å²) in [6.45, 7) is 5.22. The first-order valence-corrected chi connectivity index (χ1v) is 6.89. The molecule has 0 saturated heterocycles. The third kappa shape index (κ3) is 5.19. The van der Waals surface area contributed by atoms with Crippen LogP contribution in [0.25, 0.3) is 0 Å². The minimum atomic E-state index is -1.08. The molecule has 0 aliphatic heterocycles. The first kappa shape index (κ1) is 16.5. The number of hydrogen-bond acceptors (Lipinski definition) is 4. The van der Waals surface area contributed by atoms with Gasteiger partial charge in [0.25, 0.3) is 0 Å². The van der Waals surface area contributed by atoms with Crippen LogP contribution in [0.3, 0.4) is 0 Å². The van der Waals surface area contributed by atoms with E-state index < -0.39 is 23.5 Å². The summed E-state index contributed by atoms with van der Waals surface area (Å²) in [4.78, 5) is 33.0. The molecule has 0 bridgehead atoms. The van der Waals surface area contributed by atoms with Gasteiger partial charge in [0.05, 0.1) is 0 Å². The summed E-state index contributed by atoms with van der Waals surface area (Å²) in [6.07, 6.45) is 3.03. The van der Waals surface area contributed by atoms with E-state index >= 15 is 0 Å². The van der Waals surface area contributed by atoms with E-state index in [2.05, 4.69) is 5.32 Å². The zero-order valence-corrected chi connectivity index (χ0v) is 12.2. The van der Waals surface area contributed by atoms with Crippen LogP contribution in [-0.4, -0.2) is 35.6 Å². The van der Waals surface area contributed by atoms with E-state index in [-0.39, 0.29) is 6.10 Å². The van der Waals surface area contributed by atoms with Gasteiger partial charge in [-0.3, -0.25) is 0 Å². The second-order valence-electron chi connectivity index (χ2n) is 6.32. The van der Waals surface area contributed by atoms with E-state index in [9.17, 15) is 14.4 Å². The average molecular weight is 285 g/mol. The second kappa shape index (κ2) is 6.72. The minimum Gasteiger partial charge on any atom is -0.480 e. The number of carboxylic acid groups (broad SMARTS) is 1. The Morgan fingerprint density at radius 2 is 2.10 bits per heavy atom. The highest BCUT2D eigenvalue weighted by Crippen LogP contribution is 2.38. The maximum atomic E-state index is 11.7. The normalized spacial score (nSPS) is 22.8. The molecule has 6 nitrogen and oxygen atoms in total. The van der Waals surface area contributed by atoms with Crippen molar-refractivity contribution in [1.29, 1.82) is 0 Å². The summed E-state index contributed by atoms with van der Waals surface area (Å²) in [5.74, 6) is -0.772. The van der Waals surface area contributed by atoms with Crippen LogP contribution < -0.4 is 5.32 Å². The summed E-state index contributed by atoms with van der Waals surface area (Å²) in [6, 6.07) is -0.984. The minimum absolute atomic E-state index is 0.143. The van der Waals surface area contributed by atoms with Crippen LogP contribution in [0.4, 0.5) is 4.79 Å². The fourth-order valence-corrected chi connectivity index (χ4v) is 2.07. The number of hydrogen-bond donors (Lipinski definition) is 2. The van der Waals surface area contributed by atoms with Crippen LogP contribution in [0, 0.1) is 11.3 Å². The van der Waals surface area contributed by atoms with Crippen LogP contribution in [0.15, 0.2) is 0 Å². The summed E-state index contributed by atoms with van der Waals surface area (Å²) in [7, 11) is 0. The quantitative estimate of drug-likeness (QED) is 0.551. The van der Waals surface area contributed by atoms with Crippen LogP contribution in [0.5, 0.6) is 0 Å². The third-order valence-electron chi connectivity index (χ3n) is 3.39. The maximum Gasteiger partial charge on any atom is 0.408 e. The summed E-state index contributed by atoms with van der Waals surface area (Å²) < 4.78 is 5.18. The van der Waals surface area contributed by atoms with Gasteiger partial charge in [0, 0.05) is 6.42 Å². The largest absolute Gasteiger partial charge is 0.480 e. The number of rotatable bonds is 7. The number of amides is 1. The SMILES string of the molecule is CC(C)(C)[C@H](NC(=O)O[C@@H]1CC1CCCC=O)C(=O)O. The van der Waals surface area contributed by atoms with E-state index in [0.717, 1.165) is 25.5 Å². The number of alkyl carbamates (subject to hydrolysis) is 1. The van der Waals surface area contributed by atoms with E-state index in [0.29, 0.717) is 12.3 Å². The first-order valence-electron chi connectivity index (χ1n) is 6.89. The topological polar surface area (TPSA) is 92.7 Å². The van der Waals surface area contributed by atoms with Crippen molar-refractivity contribution in [3.8, 4) is 0 Å². The summed E-state index contributed by atoms with van der Waals surface area (Å²) >= 11 is 0. The van der Waals surface area contributed by atoms with E-state index in [1.165, 1.54) is 0 Å². The Hall–Kier alpha value is -1.59. The van der Waals surface area contributed by atoms with Crippen LogP contribution in [0.2, 0.25) is 0 Å². The van der Waals surface area contributed by atoms with Crippen molar-refractivity contribution in [2.75, 3.05) is 0 Å². The monoisotopic (exact) mass is 285 g/mol. The average Bonchev–Trinajstić information content (AvgIpc) is 3.03. The fourth-order valence-electron chi connectivity index (χ4n) is 2.07. The molecule has 2 N–H and O–H groups in total. The zero-order chi connectivity index (χ0) is 15.3. The predicted octanol–water partition coefficient (Wildman–Crippen LogP) is 1.97. The Kier molecular flexibility index (Phi) is 5.53. The molecule has 1 saturated carbocycles. The maximum absolute atomic E-state index is 11.7. The van der Waals surface area contributed by atoms with Crippen molar-refractivity contribution in [1.82, 2.24) is 5.32 Å². The highest BCUT2D eigenvalue weighted by Gasteiger charge is 2.41. The first-order chi connectivity index (χ1) is 9.25. The molecule has 114 valence electrons. The number of aldehydes is 1. The zero-order valence-electron chi connectivity index (χ0n) is 12.2. The summed E-state index contributed by atoms with van der Waals surface area (Å²) in [5.41, 5.74) is -0.586. The van der Waals surface area contributed by atoms with Crippen molar-refractivity contribution in [2.24, 2.45) is 11.3 Å². The number of carbonyl (C=O) groups excluding carboxylic acids is 2. The molecule has 0 heterocycles. The lowest BCUT2D eigenvalue weighted by Crippen LogP contribution is -2.49. The van der Waals surface area contributed by atoms with Crippen LogP contribution in [-0.2, 0) is 14.3 Å². The molecule has 1 unspecified atom stereocenters. The highest BCUT2D eigenvalue weighted by atomic mass is 16.6. The number of aliphatic carboxylic acids is 1. The van der Waals surface area contributed by atoms with Gasteiger partial charge in [-0.1, -0.05) is 20.8 Å². The van der Waals surface area contributed by atoms with Gasteiger partial charge in [-0.05, 0) is 30.6 Å². The van der Waals surface area contributed by atoms with Gasteiger partial charge in [-0.25, -0.2) is 9.59 Å². The van der Waals surface area contributed by atoms with Crippen molar-refractivity contribution in [3.05, 3.63) is 0 Å². The highest BCUT2D eigenvalue weighted by molar-refractivity contribution is 5.80. The van der Waals surface area contributed by atoms with Gasteiger partial charge >= 0.3 is 12.1 Å². The second-order valence-corrected chi connectivity index (χ2v) is 6.32. The summed E-state index contributed by atoms with van der Waals surface area (Å²) in [5, 5.41) is 11.5. The molecule has 6 heteroatoms. The molecule has 0 radical (unpaired) electrons. The molecule has 20 heavy (non-hydrogen) atoms. The molecular weight excluding hydrogens is 262 g/mol. The Labute approximate surface area is 118 Å². The molecule has 0 aromatic heterocycles. The van der Waals surface area contributed by atoms with Gasteiger partial charge in [0.15, 0.2) is 0 Å². The van der Waals surface area contributed by atoms with Gasteiger partial charge < -0.3 is 20.0 Å². The van der Waals surface area contributed by atoms with Gasteiger partial charge in [0.1, 0.15) is 18.4 Å². The van der Waals surface area contributed by atoms with Gasteiger partial charge in [-0.15, -0.1) is 0 Å². The number of nitrogens with one attached hydrogen (secondary N) is 1. The fraction of sp³-hybridized carbons (Fsp3) is 0.786. The molecule has 0 spiro atoms.